The van der Waals surface area contributed by atoms with Crippen LogP contribution in [0.15, 0.2) is 35.0 Å². The van der Waals surface area contributed by atoms with Gasteiger partial charge in [0.1, 0.15) is 6.67 Å². The third kappa shape index (κ3) is 2.27. The predicted molar refractivity (Wildman–Crippen MR) is 64.2 cm³/mol. The van der Waals surface area contributed by atoms with Crippen molar-refractivity contribution in [1.29, 1.82) is 0 Å². The van der Waals surface area contributed by atoms with Crippen molar-refractivity contribution in [2.45, 2.75) is 20.8 Å². The second-order valence-corrected chi connectivity index (χ2v) is 4.08. The molecule has 1 N–H and O–H groups in total. The summed E-state index contributed by atoms with van der Waals surface area (Å²) in [5, 5.41) is 3.18. The number of aliphatic imine (C=N–C) groups is 1. The molecule has 0 aromatic heterocycles. The molecular weight excluding hydrogens is 184 g/mol. The normalized spacial score (nSPS) is 15.4. The number of hydrogen-bond acceptors (Lipinski definition) is 2. The minimum Gasteiger partial charge on any atom is -0.370 e. The Morgan fingerprint density at radius 1 is 1.07 bits per heavy atom. The van der Waals surface area contributed by atoms with Crippen LogP contribution in [0.25, 0.3) is 0 Å². The van der Waals surface area contributed by atoms with Crippen LogP contribution in [0, 0.1) is 13.8 Å². The van der Waals surface area contributed by atoms with Crippen LogP contribution in [0.1, 0.15) is 23.6 Å². The molecule has 2 nitrogen and oxygen atoms in total. The summed E-state index contributed by atoms with van der Waals surface area (Å²) in [6.45, 7) is 6.99. The Labute approximate surface area is 90.7 Å². The SMILES string of the molecule is CC1=CC(c2cc(C)cc(C)c2)=NCN1. The van der Waals surface area contributed by atoms with E-state index in [2.05, 4.69) is 55.4 Å². The smallest absolute Gasteiger partial charge is 0.108 e. The van der Waals surface area contributed by atoms with Gasteiger partial charge in [0, 0.05) is 11.3 Å². The van der Waals surface area contributed by atoms with E-state index in [9.17, 15) is 0 Å². The first kappa shape index (κ1) is 9.97. The van der Waals surface area contributed by atoms with Gasteiger partial charge in [-0.3, -0.25) is 4.99 Å². The summed E-state index contributed by atoms with van der Waals surface area (Å²) in [6.07, 6.45) is 2.09. The molecule has 1 aliphatic heterocycles. The van der Waals surface area contributed by atoms with Crippen molar-refractivity contribution < 1.29 is 0 Å². The van der Waals surface area contributed by atoms with Crippen LogP contribution in [-0.2, 0) is 0 Å². The van der Waals surface area contributed by atoms with Crippen molar-refractivity contribution >= 4 is 5.71 Å². The third-order valence-electron chi connectivity index (χ3n) is 2.48. The van der Waals surface area contributed by atoms with Gasteiger partial charge in [0.15, 0.2) is 0 Å². The van der Waals surface area contributed by atoms with Crippen molar-refractivity contribution in [2.75, 3.05) is 6.67 Å². The molecule has 1 aromatic rings. The molecule has 0 spiro atoms. The van der Waals surface area contributed by atoms with E-state index >= 15 is 0 Å². The van der Waals surface area contributed by atoms with Gasteiger partial charge in [-0.15, -0.1) is 0 Å². The fraction of sp³-hybridized carbons (Fsp3) is 0.308. The molecule has 0 saturated heterocycles. The fourth-order valence-electron chi connectivity index (χ4n) is 1.85. The summed E-state index contributed by atoms with van der Waals surface area (Å²) >= 11 is 0. The zero-order valence-corrected chi connectivity index (χ0v) is 9.46. The molecule has 0 bridgehead atoms. The molecule has 0 atom stereocenters. The van der Waals surface area contributed by atoms with E-state index < -0.39 is 0 Å². The maximum atomic E-state index is 4.46. The van der Waals surface area contributed by atoms with E-state index in [0.717, 1.165) is 5.71 Å². The van der Waals surface area contributed by atoms with Crippen molar-refractivity contribution in [3.63, 3.8) is 0 Å². The Morgan fingerprint density at radius 3 is 2.33 bits per heavy atom. The molecule has 1 aromatic carbocycles. The average molecular weight is 200 g/mol. The third-order valence-corrected chi connectivity index (χ3v) is 2.48. The molecule has 78 valence electrons. The van der Waals surface area contributed by atoms with Crippen LogP contribution in [-0.4, -0.2) is 12.4 Å². The minimum atomic E-state index is 0.685. The minimum absolute atomic E-state index is 0.685. The highest BCUT2D eigenvalue weighted by atomic mass is 15.0. The topological polar surface area (TPSA) is 24.4 Å². The Hall–Kier alpha value is -1.57. The van der Waals surface area contributed by atoms with E-state index in [4.69, 9.17) is 0 Å². The maximum absolute atomic E-state index is 4.46. The fourth-order valence-corrected chi connectivity index (χ4v) is 1.85. The van der Waals surface area contributed by atoms with Gasteiger partial charge in [-0.05, 0) is 39.0 Å². The molecular formula is C13H16N2. The van der Waals surface area contributed by atoms with Crippen molar-refractivity contribution in [2.24, 2.45) is 4.99 Å². The molecule has 1 heterocycles. The first-order valence-corrected chi connectivity index (χ1v) is 5.20. The Balaban J connectivity index is 2.41. The van der Waals surface area contributed by atoms with E-state index in [1.807, 2.05) is 0 Å². The van der Waals surface area contributed by atoms with Gasteiger partial charge in [0.05, 0.1) is 5.71 Å². The first-order chi connectivity index (χ1) is 7.15. The van der Waals surface area contributed by atoms with E-state index in [1.165, 1.54) is 22.4 Å². The van der Waals surface area contributed by atoms with Gasteiger partial charge < -0.3 is 5.32 Å². The van der Waals surface area contributed by atoms with Gasteiger partial charge in [-0.2, -0.15) is 0 Å². The zero-order valence-electron chi connectivity index (χ0n) is 9.46. The molecule has 0 unspecified atom stereocenters. The highest BCUT2D eigenvalue weighted by Gasteiger charge is 2.06. The highest BCUT2D eigenvalue weighted by Crippen LogP contribution is 2.12. The number of nitrogens with one attached hydrogen (secondary N) is 1. The summed E-state index contributed by atoms with van der Waals surface area (Å²) in [7, 11) is 0. The molecule has 0 amide bonds. The maximum Gasteiger partial charge on any atom is 0.108 e. The van der Waals surface area contributed by atoms with Crippen LogP contribution in [0.2, 0.25) is 0 Å². The lowest BCUT2D eigenvalue weighted by Crippen LogP contribution is -2.19. The molecule has 2 rings (SSSR count). The second-order valence-electron chi connectivity index (χ2n) is 4.08. The van der Waals surface area contributed by atoms with E-state index in [1.54, 1.807) is 0 Å². The lowest BCUT2D eigenvalue weighted by Gasteiger charge is -2.13. The Bertz CT molecular complexity index is 422. The first-order valence-electron chi connectivity index (χ1n) is 5.20. The van der Waals surface area contributed by atoms with Crippen LogP contribution >= 0.6 is 0 Å². The van der Waals surface area contributed by atoms with Gasteiger partial charge in [0.25, 0.3) is 0 Å². The number of aryl methyl sites for hydroxylation is 2. The lowest BCUT2D eigenvalue weighted by atomic mass is 10.0. The molecule has 2 heteroatoms. The van der Waals surface area contributed by atoms with Crippen molar-refractivity contribution in [3.8, 4) is 0 Å². The molecule has 0 fully saturated rings. The van der Waals surface area contributed by atoms with Crippen LogP contribution < -0.4 is 5.32 Å². The van der Waals surface area contributed by atoms with Crippen LogP contribution in [0.5, 0.6) is 0 Å². The molecule has 0 radical (unpaired) electrons. The van der Waals surface area contributed by atoms with Crippen molar-refractivity contribution in [3.05, 3.63) is 46.7 Å². The van der Waals surface area contributed by atoms with Gasteiger partial charge in [0.2, 0.25) is 0 Å². The molecule has 0 saturated carbocycles. The average Bonchev–Trinajstić information content (AvgIpc) is 2.16. The second kappa shape index (κ2) is 3.89. The monoisotopic (exact) mass is 200 g/mol. The number of hydrogen-bond donors (Lipinski definition) is 1. The molecule has 1 aliphatic rings. The largest absolute Gasteiger partial charge is 0.370 e. The molecule has 15 heavy (non-hydrogen) atoms. The summed E-state index contributed by atoms with van der Waals surface area (Å²) in [4.78, 5) is 4.46. The highest BCUT2D eigenvalue weighted by molar-refractivity contribution is 6.09. The number of allylic oxidation sites excluding steroid dienone is 2. The van der Waals surface area contributed by atoms with Crippen LogP contribution in [0.3, 0.4) is 0 Å². The standard InChI is InChI=1S/C13H16N2/c1-9-4-10(2)6-12(5-9)13-7-11(3)14-8-15-13/h4-7,14H,8H2,1-3H3. The Kier molecular flexibility index (Phi) is 2.58. The molecule has 0 aliphatic carbocycles. The Morgan fingerprint density at radius 2 is 1.73 bits per heavy atom. The van der Waals surface area contributed by atoms with E-state index in [-0.39, 0.29) is 0 Å². The van der Waals surface area contributed by atoms with Gasteiger partial charge in [-0.25, -0.2) is 0 Å². The van der Waals surface area contributed by atoms with Gasteiger partial charge >= 0.3 is 0 Å². The predicted octanol–water partition coefficient (Wildman–Crippen LogP) is 2.56. The van der Waals surface area contributed by atoms with Gasteiger partial charge in [-0.1, -0.05) is 17.2 Å². The summed E-state index contributed by atoms with van der Waals surface area (Å²) in [5.74, 6) is 0. The summed E-state index contributed by atoms with van der Waals surface area (Å²) in [6, 6.07) is 6.55. The summed E-state index contributed by atoms with van der Waals surface area (Å²) < 4.78 is 0. The van der Waals surface area contributed by atoms with E-state index in [0.29, 0.717) is 6.67 Å². The van der Waals surface area contributed by atoms with Crippen molar-refractivity contribution in [1.82, 2.24) is 5.32 Å². The number of benzene rings is 1. The van der Waals surface area contributed by atoms with Crippen LogP contribution in [0.4, 0.5) is 0 Å². The summed E-state index contributed by atoms with van der Waals surface area (Å²) in [5.41, 5.74) is 6.06. The number of nitrogens with zero attached hydrogens (tertiary/aromatic N) is 1. The number of rotatable bonds is 1. The lowest BCUT2D eigenvalue weighted by molar-refractivity contribution is 0.816. The quantitative estimate of drug-likeness (QED) is 0.740. The zero-order chi connectivity index (χ0) is 10.8.